The molecule has 0 bridgehead atoms. The lowest BCUT2D eigenvalue weighted by atomic mass is 9.74. The van der Waals surface area contributed by atoms with Crippen molar-refractivity contribution in [2.24, 2.45) is 0 Å². The van der Waals surface area contributed by atoms with Crippen LogP contribution in [-0.2, 0) is 4.74 Å². The summed E-state index contributed by atoms with van der Waals surface area (Å²) in [5, 5.41) is 3.70. The number of benzene rings is 1. The van der Waals surface area contributed by atoms with E-state index in [9.17, 15) is 0 Å². The van der Waals surface area contributed by atoms with E-state index >= 15 is 0 Å². The summed E-state index contributed by atoms with van der Waals surface area (Å²) in [6.07, 6.45) is 6.34. The molecule has 2 nitrogen and oxygen atoms in total. The molecule has 19 heavy (non-hydrogen) atoms. The quantitative estimate of drug-likeness (QED) is 0.875. The maximum atomic E-state index is 5.66. The van der Waals surface area contributed by atoms with Crippen LogP contribution >= 0.6 is 0 Å². The summed E-state index contributed by atoms with van der Waals surface area (Å²) in [5.41, 5.74) is 3.05. The number of hydrogen-bond acceptors (Lipinski definition) is 2. The van der Waals surface area contributed by atoms with E-state index in [0.29, 0.717) is 6.04 Å². The summed E-state index contributed by atoms with van der Waals surface area (Å²) in [5.74, 6) is 0.761. The summed E-state index contributed by atoms with van der Waals surface area (Å²) in [7, 11) is 1.86. The lowest BCUT2D eigenvalue weighted by Crippen LogP contribution is -2.52. The monoisotopic (exact) mass is 259 g/mol. The molecule has 0 saturated heterocycles. The zero-order chi connectivity index (χ0) is 13.3. The van der Waals surface area contributed by atoms with Crippen LogP contribution in [0.25, 0.3) is 0 Å². The molecule has 2 aliphatic rings. The minimum absolute atomic E-state index is 0.161. The summed E-state index contributed by atoms with van der Waals surface area (Å²) in [6, 6.07) is 9.66. The first kappa shape index (κ1) is 13.1. The van der Waals surface area contributed by atoms with Gasteiger partial charge in [-0.3, -0.25) is 0 Å². The van der Waals surface area contributed by atoms with Crippen LogP contribution in [0.2, 0.25) is 0 Å². The number of hydrogen-bond donors (Lipinski definition) is 1. The fourth-order valence-corrected chi connectivity index (χ4v) is 3.34. The highest BCUT2D eigenvalue weighted by Gasteiger charge is 2.38. The molecular formula is C17H25NO. The minimum Gasteiger partial charge on any atom is -0.377 e. The Bertz CT molecular complexity index is 427. The largest absolute Gasteiger partial charge is 0.377 e. The molecule has 2 fully saturated rings. The van der Waals surface area contributed by atoms with E-state index in [1.807, 2.05) is 7.11 Å². The molecule has 0 spiro atoms. The number of rotatable bonds is 5. The van der Waals surface area contributed by atoms with Crippen LogP contribution < -0.4 is 5.32 Å². The molecule has 0 unspecified atom stereocenters. The second kappa shape index (κ2) is 5.26. The normalized spacial score (nSPS) is 28.5. The van der Waals surface area contributed by atoms with Crippen LogP contribution in [-0.4, -0.2) is 25.3 Å². The highest BCUT2D eigenvalue weighted by Crippen LogP contribution is 2.39. The predicted molar refractivity (Wildman–Crippen MR) is 78.5 cm³/mol. The van der Waals surface area contributed by atoms with Crippen molar-refractivity contribution in [3.63, 3.8) is 0 Å². The van der Waals surface area contributed by atoms with E-state index in [2.05, 4.69) is 36.5 Å². The second-order valence-corrected chi connectivity index (χ2v) is 6.40. The molecule has 0 aliphatic heterocycles. The highest BCUT2D eigenvalue weighted by molar-refractivity contribution is 5.27. The maximum Gasteiger partial charge on any atom is 0.0802 e. The molecule has 2 heteroatoms. The molecular weight excluding hydrogens is 234 g/mol. The van der Waals surface area contributed by atoms with Crippen molar-refractivity contribution < 1.29 is 4.74 Å². The van der Waals surface area contributed by atoms with E-state index in [1.165, 1.54) is 43.2 Å². The molecule has 2 aliphatic carbocycles. The molecule has 2 saturated carbocycles. The smallest absolute Gasteiger partial charge is 0.0802 e. The Labute approximate surface area is 116 Å². The number of ether oxygens (including phenoxy) is 1. The van der Waals surface area contributed by atoms with Crippen molar-refractivity contribution in [3.8, 4) is 0 Å². The van der Waals surface area contributed by atoms with Crippen LogP contribution in [0.5, 0.6) is 0 Å². The van der Waals surface area contributed by atoms with Crippen LogP contribution in [0, 0.1) is 6.92 Å². The Hall–Kier alpha value is -0.860. The summed E-state index contributed by atoms with van der Waals surface area (Å²) in [4.78, 5) is 0. The molecule has 104 valence electrons. The molecule has 0 heterocycles. The molecule has 3 rings (SSSR count). The molecule has 0 atom stereocenters. The van der Waals surface area contributed by atoms with E-state index in [1.54, 1.807) is 0 Å². The van der Waals surface area contributed by atoms with E-state index in [4.69, 9.17) is 4.74 Å². The molecule has 1 N–H and O–H groups in total. The van der Waals surface area contributed by atoms with Gasteiger partial charge in [0, 0.05) is 19.7 Å². The Morgan fingerprint density at radius 3 is 2.68 bits per heavy atom. The topological polar surface area (TPSA) is 21.3 Å². The SMILES string of the molecule is COC1(CNC2CC(c3cccc(C)c3)C2)CCC1. The van der Waals surface area contributed by atoms with Crippen molar-refractivity contribution in [2.45, 2.75) is 56.6 Å². The Morgan fingerprint density at radius 1 is 1.32 bits per heavy atom. The summed E-state index contributed by atoms with van der Waals surface area (Å²) < 4.78 is 5.66. The van der Waals surface area contributed by atoms with Gasteiger partial charge in [0.05, 0.1) is 5.60 Å². The average molecular weight is 259 g/mol. The van der Waals surface area contributed by atoms with E-state index in [-0.39, 0.29) is 5.60 Å². The van der Waals surface area contributed by atoms with Gasteiger partial charge in [-0.15, -0.1) is 0 Å². The van der Waals surface area contributed by atoms with E-state index in [0.717, 1.165) is 12.5 Å². The molecule has 1 aromatic carbocycles. The summed E-state index contributed by atoms with van der Waals surface area (Å²) in [6.45, 7) is 3.21. The third-order valence-electron chi connectivity index (χ3n) is 5.06. The van der Waals surface area contributed by atoms with Gasteiger partial charge in [0.2, 0.25) is 0 Å². The van der Waals surface area contributed by atoms with Gasteiger partial charge in [0.1, 0.15) is 0 Å². The lowest BCUT2D eigenvalue weighted by molar-refractivity contribution is -0.0724. The highest BCUT2D eigenvalue weighted by atomic mass is 16.5. The molecule has 0 radical (unpaired) electrons. The number of nitrogens with one attached hydrogen (secondary N) is 1. The third-order valence-corrected chi connectivity index (χ3v) is 5.06. The van der Waals surface area contributed by atoms with Crippen molar-refractivity contribution in [1.29, 1.82) is 0 Å². The van der Waals surface area contributed by atoms with E-state index < -0.39 is 0 Å². The van der Waals surface area contributed by atoms with Crippen LogP contribution in [0.1, 0.15) is 49.1 Å². The summed E-state index contributed by atoms with van der Waals surface area (Å²) >= 11 is 0. The van der Waals surface area contributed by atoms with Gasteiger partial charge in [-0.2, -0.15) is 0 Å². The van der Waals surface area contributed by atoms with Crippen LogP contribution in [0.3, 0.4) is 0 Å². The van der Waals surface area contributed by atoms with Gasteiger partial charge in [-0.25, -0.2) is 0 Å². The molecule has 1 aromatic rings. The van der Waals surface area contributed by atoms with Crippen LogP contribution in [0.4, 0.5) is 0 Å². The van der Waals surface area contributed by atoms with Crippen molar-refractivity contribution in [2.75, 3.05) is 13.7 Å². The first-order valence-corrected chi connectivity index (χ1v) is 7.56. The fraction of sp³-hybridized carbons (Fsp3) is 0.647. The van der Waals surface area contributed by atoms with Gasteiger partial charge >= 0.3 is 0 Å². The first-order valence-electron chi connectivity index (χ1n) is 7.56. The third kappa shape index (κ3) is 2.70. The van der Waals surface area contributed by atoms with Crippen molar-refractivity contribution in [3.05, 3.63) is 35.4 Å². The average Bonchev–Trinajstić information content (AvgIpc) is 2.30. The van der Waals surface area contributed by atoms with Gasteiger partial charge < -0.3 is 10.1 Å². The Kier molecular flexibility index (Phi) is 3.64. The fourth-order valence-electron chi connectivity index (χ4n) is 3.34. The standard InChI is InChI=1S/C17H25NO/c1-13-5-3-6-14(9-13)15-10-16(11-15)18-12-17(19-2)7-4-8-17/h3,5-6,9,15-16,18H,4,7-8,10-12H2,1-2H3. The van der Waals surface area contributed by atoms with Crippen molar-refractivity contribution in [1.82, 2.24) is 5.32 Å². The maximum absolute atomic E-state index is 5.66. The van der Waals surface area contributed by atoms with Gasteiger partial charge in [-0.1, -0.05) is 29.8 Å². The lowest BCUT2D eigenvalue weighted by Gasteiger charge is -2.44. The Balaban J connectivity index is 1.45. The van der Waals surface area contributed by atoms with Crippen LogP contribution in [0.15, 0.2) is 24.3 Å². The number of aryl methyl sites for hydroxylation is 1. The molecule has 0 amide bonds. The minimum atomic E-state index is 0.161. The predicted octanol–water partition coefficient (Wildman–Crippen LogP) is 3.40. The van der Waals surface area contributed by atoms with Gasteiger partial charge in [0.25, 0.3) is 0 Å². The molecule has 0 aromatic heterocycles. The Morgan fingerprint density at radius 2 is 2.11 bits per heavy atom. The van der Waals surface area contributed by atoms with Crippen molar-refractivity contribution >= 4 is 0 Å². The second-order valence-electron chi connectivity index (χ2n) is 6.40. The zero-order valence-electron chi connectivity index (χ0n) is 12.1. The number of methoxy groups -OCH3 is 1. The zero-order valence-corrected chi connectivity index (χ0v) is 12.1. The van der Waals surface area contributed by atoms with Gasteiger partial charge in [0.15, 0.2) is 0 Å². The first-order chi connectivity index (χ1) is 9.21. The van der Waals surface area contributed by atoms with Gasteiger partial charge in [-0.05, 0) is 50.5 Å².